The van der Waals surface area contributed by atoms with Crippen molar-refractivity contribution >= 4 is 44.8 Å². The molecule has 0 saturated heterocycles. The number of hydrogen-bond acceptors (Lipinski definition) is 3. The molecule has 21 heavy (non-hydrogen) atoms. The summed E-state index contributed by atoms with van der Waals surface area (Å²) in [6, 6.07) is 13.4. The first kappa shape index (κ1) is 13.3. The first-order valence-corrected chi connectivity index (χ1v) is 9.42. The number of thiophene rings is 3. The number of fused-ring (bicyclic) bond motifs is 1. The van der Waals surface area contributed by atoms with Gasteiger partial charge in [0.25, 0.3) is 0 Å². The van der Waals surface area contributed by atoms with Crippen LogP contribution in [0.1, 0.15) is 9.75 Å². The molecule has 0 N–H and O–H groups in total. The van der Waals surface area contributed by atoms with Gasteiger partial charge in [-0.2, -0.15) is 11.3 Å². The van der Waals surface area contributed by atoms with Crippen LogP contribution in [-0.4, -0.2) is 0 Å². The van der Waals surface area contributed by atoms with E-state index in [0.29, 0.717) is 0 Å². The van der Waals surface area contributed by atoms with Gasteiger partial charge < -0.3 is 0 Å². The molecule has 0 aliphatic heterocycles. The molecule has 0 atom stereocenters. The van der Waals surface area contributed by atoms with Crippen molar-refractivity contribution in [2.75, 3.05) is 0 Å². The maximum absolute atomic E-state index is 2.28. The highest BCUT2D eigenvalue weighted by Crippen LogP contribution is 2.41. The molecule has 0 bridgehead atoms. The third-order valence-corrected chi connectivity index (χ3v) is 6.48. The Labute approximate surface area is 136 Å². The van der Waals surface area contributed by atoms with Gasteiger partial charge in [-0.3, -0.25) is 0 Å². The molecule has 0 saturated carbocycles. The Morgan fingerprint density at radius 2 is 1.10 bits per heavy atom. The summed E-state index contributed by atoms with van der Waals surface area (Å²) in [4.78, 5) is 5.47. The lowest BCUT2D eigenvalue weighted by Gasteiger charge is -2.05. The van der Waals surface area contributed by atoms with Gasteiger partial charge in [-0.15, -0.1) is 22.7 Å². The number of aryl methyl sites for hydroxylation is 2. The highest BCUT2D eigenvalue weighted by atomic mass is 32.1. The maximum Gasteiger partial charge on any atom is 0.0352 e. The summed E-state index contributed by atoms with van der Waals surface area (Å²) >= 11 is 5.54. The average molecular weight is 327 g/mol. The van der Waals surface area contributed by atoms with E-state index in [4.69, 9.17) is 0 Å². The van der Waals surface area contributed by atoms with E-state index in [0.717, 1.165) is 0 Å². The predicted molar refractivity (Wildman–Crippen MR) is 97.9 cm³/mol. The van der Waals surface area contributed by atoms with Gasteiger partial charge in [0, 0.05) is 41.4 Å². The molecule has 3 heteroatoms. The molecule has 3 aromatic heterocycles. The number of benzene rings is 1. The molecule has 0 amide bonds. The highest BCUT2D eigenvalue weighted by Gasteiger charge is 2.12. The molecule has 0 spiro atoms. The molecule has 0 radical (unpaired) electrons. The van der Waals surface area contributed by atoms with E-state index in [1.54, 1.807) is 11.3 Å². The molecule has 0 aliphatic rings. The van der Waals surface area contributed by atoms with Gasteiger partial charge in [0.05, 0.1) is 0 Å². The molecule has 0 fully saturated rings. The summed E-state index contributed by atoms with van der Waals surface area (Å²) in [5.74, 6) is 0. The highest BCUT2D eigenvalue weighted by molar-refractivity contribution is 7.16. The van der Waals surface area contributed by atoms with E-state index in [1.165, 1.54) is 41.4 Å². The fourth-order valence-electron chi connectivity index (χ4n) is 2.65. The maximum atomic E-state index is 2.28. The van der Waals surface area contributed by atoms with Crippen molar-refractivity contribution in [1.29, 1.82) is 0 Å². The van der Waals surface area contributed by atoms with E-state index in [9.17, 15) is 0 Å². The minimum absolute atomic E-state index is 1.36. The number of hydrogen-bond donors (Lipinski definition) is 0. The fourth-order valence-corrected chi connectivity index (χ4v) is 5.31. The lowest BCUT2D eigenvalue weighted by Crippen LogP contribution is -1.78. The molecule has 4 rings (SSSR count). The second kappa shape index (κ2) is 5.09. The zero-order valence-electron chi connectivity index (χ0n) is 11.8. The monoisotopic (exact) mass is 326 g/mol. The van der Waals surface area contributed by atoms with Gasteiger partial charge >= 0.3 is 0 Å². The van der Waals surface area contributed by atoms with Crippen LogP contribution < -0.4 is 0 Å². The quantitative estimate of drug-likeness (QED) is 0.373. The Hall–Kier alpha value is -1.42. The van der Waals surface area contributed by atoms with Crippen LogP contribution in [0.2, 0.25) is 0 Å². The summed E-state index contributed by atoms with van der Waals surface area (Å²) in [6.07, 6.45) is 0. The summed E-state index contributed by atoms with van der Waals surface area (Å²) in [6.45, 7) is 4.34. The zero-order valence-corrected chi connectivity index (χ0v) is 14.3. The lowest BCUT2D eigenvalue weighted by atomic mass is 10.0. The minimum atomic E-state index is 1.36. The molecule has 104 valence electrons. The SMILES string of the molecule is Cc1ccc(-c2ccc(-c3ccc(C)s3)c3cscc23)s1. The predicted octanol–water partition coefficient (Wildman–Crippen LogP) is 6.98. The van der Waals surface area contributed by atoms with Crippen LogP contribution in [0.5, 0.6) is 0 Å². The van der Waals surface area contributed by atoms with Crippen molar-refractivity contribution < 1.29 is 0 Å². The molecule has 3 heterocycles. The minimum Gasteiger partial charge on any atom is -0.151 e. The molecular weight excluding hydrogens is 312 g/mol. The summed E-state index contributed by atoms with van der Waals surface area (Å²) in [5.41, 5.74) is 2.72. The van der Waals surface area contributed by atoms with Crippen LogP contribution in [0.3, 0.4) is 0 Å². The van der Waals surface area contributed by atoms with Gasteiger partial charge in [0.15, 0.2) is 0 Å². The molecule has 0 nitrogen and oxygen atoms in total. The van der Waals surface area contributed by atoms with Crippen molar-refractivity contribution in [3.8, 4) is 20.9 Å². The molecule has 0 unspecified atom stereocenters. The van der Waals surface area contributed by atoms with Crippen LogP contribution in [0.25, 0.3) is 31.7 Å². The van der Waals surface area contributed by atoms with Crippen molar-refractivity contribution in [3.05, 3.63) is 56.9 Å². The normalized spacial score (nSPS) is 11.3. The fraction of sp³-hybridized carbons (Fsp3) is 0.111. The van der Waals surface area contributed by atoms with Crippen LogP contribution in [0.15, 0.2) is 47.2 Å². The first-order valence-electron chi connectivity index (χ1n) is 6.85. The van der Waals surface area contributed by atoms with Crippen molar-refractivity contribution in [1.82, 2.24) is 0 Å². The molecule has 0 aliphatic carbocycles. The van der Waals surface area contributed by atoms with Gasteiger partial charge in [-0.25, -0.2) is 0 Å². The smallest absolute Gasteiger partial charge is 0.0352 e. The zero-order chi connectivity index (χ0) is 14.4. The van der Waals surface area contributed by atoms with Crippen molar-refractivity contribution in [3.63, 3.8) is 0 Å². The third kappa shape index (κ3) is 2.26. The van der Waals surface area contributed by atoms with Gasteiger partial charge in [-0.05, 0) is 48.9 Å². The van der Waals surface area contributed by atoms with Crippen LogP contribution in [0, 0.1) is 13.8 Å². The topological polar surface area (TPSA) is 0 Å². The Balaban J connectivity index is 1.96. The second-order valence-corrected chi connectivity index (χ2v) is 8.50. The van der Waals surface area contributed by atoms with Crippen LogP contribution in [-0.2, 0) is 0 Å². The Kier molecular flexibility index (Phi) is 3.21. The van der Waals surface area contributed by atoms with Gasteiger partial charge in [-0.1, -0.05) is 12.1 Å². The Bertz CT molecular complexity index is 847. The number of rotatable bonds is 2. The van der Waals surface area contributed by atoms with Crippen LogP contribution >= 0.6 is 34.0 Å². The van der Waals surface area contributed by atoms with Crippen LogP contribution in [0.4, 0.5) is 0 Å². The summed E-state index contributed by atoms with van der Waals surface area (Å²) in [7, 11) is 0. The molecule has 4 aromatic rings. The van der Waals surface area contributed by atoms with E-state index in [-0.39, 0.29) is 0 Å². The summed E-state index contributed by atoms with van der Waals surface area (Å²) in [5, 5.41) is 7.32. The second-order valence-electron chi connectivity index (χ2n) is 5.18. The molecule has 1 aromatic carbocycles. The average Bonchev–Trinajstić information content (AvgIpc) is 3.18. The van der Waals surface area contributed by atoms with E-state index < -0.39 is 0 Å². The van der Waals surface area contributed by atoms with E-state index >= 15 is 0 Å². The van der Waals surface area contributed by atoms with Gasteiger partial charge in [0.2, 0.25) is 0 Å². The standard InChI is InChI=1S/C18H14S3/c1-11-3-7-17(20-11)13-5-6-14(16-10-19-9-15(13)16)18-8-4-12(2)21-18/h3-10H,1-2H3. The largest absolute Gasteiger partial charge is 0.151 e. The molecular formula is C18H14S3. The van der Waals surface area contributed by atoms with E-state index in [1.807, 2.05) is 22.7 Å². The van der Waals surface area contributed by atoms with Gasteiger partial charge in [0.1, 0.15) is 0 Å². The Morgan fingerprint density at radius 1 is 0.619 bits per heavy atom. The van der Waals surface area contributed by atoms with E-state index in [2.05, 4.69) is 61.0 Å². The van der Waals surface area contributed by atoms with Crippen molar-refractivity contribution in [2.45, 2.75) is 13.8 Å². The summed E-state index contributed by atoms with van der Waals surface area (Å²) < 4.78 is 0. The third-order valence-electron chi connectivity index (χ3n) is 3.67. The van der Waals surface area contributed by atoms with Crippen molar-refractivity contribution in [2.24, 2.45) is 0 Å². The lowest BCUT2D eigenvalue weighted by molar-refractivity contribution is 1.64. The first-order chi connectivity index (χ1) is 10.2. The Morgan fingerprint density at radius 3 is 1.48 bits per heavy atom.